The van der Waals surface area contributed by atoms with E-state index >= 15 is 0 Å². The molecule has 1 aromatic carbocycles. The lowest BCUT2D eigenvalue weighted by Gasteiger charge is -2.03. The highest BCUT2D eigenvalue weighted by Gasteiger charge is 2.10. The van der Waals surface area contributed by atoms with Crippen LogP contribution in [0, 0.1) is 0 Å². The predicted molar refractivity (Wildman–Crippen MR) is 66.0 cm³/mol. The van der Waals surface area contributed by atoms with Crippen molar-refractivity contribution in [2.75, 3.05) is 19.1 Å². The molecule has 0 atom stereocenters. The smallest absolute Gasteiger partial charge is 0.154 e. The van der Waals surface area contributed by atoms with Gasteiger partial charge in [0.2, 0.25) is 0 Å². The first kappa shape index (κ1) is 13.7. The van der Waals surface area contributed by atoms with E-state index in [1.165, 1.54) is 0 Å². The van der Waals surface area contributed by atoms with Crippen molar-refractivity contribution < 1.29 is 17.9 Å². The molecule has 1 aromatic rings. The topological polar surface area (TPSA) is 60.4 Å². The van der Waals surface area contributed by atoms with Gasteiger partial charge in [-0.05, 0) is 24.1 Å². The fourth-order valence-corrected chi connectivity index (χ4v) is 2.17. The van der Waals surface area contributed by atoms with Gasteiger partial charge in [-0.1, -0.05) is 12.1 Å². The molecule has 0 spiro atoms. The summed E-state index contributed by atoms with van der Waals surface area (Å²) in [7, 11) is -1.62. The van der Waals surface area contributed by atoms with Crippen molar-refractivity contribution >= 4 is 15.6 Å². The van der Waals surface area contributed by atoms with Gasteiger partial charge in [0.05, 0.1) is 7.11 Å². The molecule has 5 heteroatoms. The number of hydrogen-bond donors (Lipinski definition) is 0. The van der Waals surface area contributed by atoms with Crippen molar-refractivity contribution in [1.82, 2.24) is 0 Å². The molecule has 1 rings (SSSR count). The number of aryl methyl sites for hydroxylation is 1. The molecule has 0 radical (unpaired) electrons. The number of carbonyl (C=O) groups is 1. The van der Waals surface area contributed by atoms with E-state index in [0.29, 0.717) is 6.42 Å². The van der Waals surface area contributed by atoms with E-state index in [1.54, 1.807) is 7.11 Å². The fourth-order valence-electron chi connectivity index (χ4n) is 1.44. The molecule has 0 amide bonds. The lowest BCUT2D eigenvalue weighted by atomic mass is 10.1. The summed E-state index contributed by atoms with van der Waals surface area (Å²) in [5.74, 6) is 0.142. The van der Waals surface area contributed by atoms with Crippen LogP contribution in [0.15, 0.2) is 24.3 Å². The second-order valence-electron chi connectivity index (χ2n) is 3.96. The maximum Gasteiger partial charge on any atom is 0.154 e. The Morgan fingerprint density at radius 1 is 1.24 bits per heavy atom. The van der Waals surface area contributed by atoms with Crippen LogP contribution in [-0.2, 0) is 21.1 Å². The number of ketones is 1. The zero-order chi connectivity index (χ0) is 12.9. The standard InChI is InChI=1S/C12H16O4S/c1-16-12-7-4-10(5-8-12)3-6-11(13)9-17(2,14)15/h4-5,7-8H,3,6,9H2,1-2H3. The molecule has 17 heavy (non-hydrogen) atoms. The molecule has 0 saturated heterocycles. The number of carbonyl (C=O) groups excluding carboxylic acids is 1. The minimum Gasteiger partial charge on any atom is -0.497 e. The van der Waals surface area contributed by atoms with Gasteiger partial charge in [0, 0.05) is 12.7 Å². The first-order chi connectivity index (χ1) is 7.90. The quantitative estimate of drug-likeness (QED) is 0.768. The molecule has 0 saturated carbocycles. The summed E-state index contributed by atoms with van der Waals surface area (Å²) in [6.07, 6.45) is 1.87. The average Bonchev–Trinajstić information content (AvgIpc) is 2.25. The molecule has 94 valence electrons. The second kappa shape index (κ2) is 5.82. The fraction of sp³-hybridized carbons (Fsp3) is 0.417. The van der Waals surface area contributed by atoms with E-state index in [1.807, 2.05) is 24.3 Å². The second-order valence-corrected chi connectivity index (χ2v) is 6.10. The highest BCUT2D eigenvalue weighted by Crippen LogP contribution is 2.12. The maximum absolute atomic E-state index is 11.4. The Hall–Kier alpha value is -1.36. The third-order valence-electron chi connectivity index (χ3n) is 2.27. The monoisotopic (exact) mass is 256 g/mol. The molecule has 0 aromatic heterocycles. The summed E-state index contributed by atoms with van der Waals surface area (Å²) in [4.78, 5) is 11.4. The minimum atomic E-state index is -3.21. The van der Waals surface area contributed by atoms with Gasteiger partial charge < -0.3 is 4.74 Å². The van der Waals surface area contributed by atoms with Crippen LogP contribution in [-0.4, -0.2) is 33.3 Å². The molecule has 0 unspecified atom stereocenters. The number of rotatable bonds is 6. The van der Waals surface area contributed by atoms with E-state index in [4.69, 9.17) is 4.74 Å². The van der Waals surface area contributed by atoms with Crippen LogP contribution in [0.5, 0.6) is 5.75 Å². The summed E-state index contributed by atoms with van der Waals surface area (Å²) in [5.41, 5.74) is 0.993. The number of methoxy groups -OCH3 is 1. The van der Waals surface area contributed by atoms with E-state index in [9.17, 15) is 13.2 Å². The third-order valence-corrected chi connectivity index (χ3v) is 3.12. The summed E-state index contributed by atoms with van der Waals surface area (Å²) in [6.45, 7) is 0. The van der Waals surface area contributed by atoms with Gasteiger partial charge in [-0.2, -0.15) is 0 Å². The highest BCUT2D eigenvalue weighted by molar-refractivity contribution is 7.91. The van der Waals surface area contributed by atoms with E-state index < -0.39 is 9.84 Å². The molecule has 0 N–H and O–H groups in total. The minimum absolute atomic E-state index is 0.247. The number of sulfone groups is 1. The first-order valence-electron chi connectivity index (χ1n) is 5.23. The molecular weight excluding hydrogens is 240 g/mol. The molecule has 0 aliphatic carbocycles. The van der Waals surface area contributed by atoms with E-state index in [0.717, 1.165) is 17.6 Å². The lowest BCUT2D eigenvalue weighted by molar-refractivity contribution is -0.116. The average molecular weight is 256 g/mol. The molecular formula is C12H16O4S. The van der Waals surface area contributed by atoms with Crippen LogP contribution in [0.4, 0.5) is 0 Å². The Morgan fingerprint density at radius 3 is 2.29 bits per heavy atom. The van der Waals surface area contributed by atoms with Crippen LogP contribution in [0.25, 0.3) is 0 Å². The predicted octanol–water partition coefficient (Wildman–Crippen LogP) is 1.24. The summed E-state index contributed by atoms with van der Waals surface area (Å²) in [5, 5.41) is 0. The Bertz CT molecular complexity index is 474. The lowest BCUT2D eigenvalue weighted by Crippen LogP contribution is -2.14. The van der Waals surface area contributed by atoms with Gasteiger partial charge in [-0.3, -0.25) is 4.79 Å². The number of benzene rings is 1. The van der Waals surface area contributed by atoms with Gasteiger partial charge in [-0.15, -0.1) is 0 Å². The zero-order valence-electron chi connectivity index (χ0n) is 9.97. The molecule has 0 fully saturated rings. The SMILES string of the molecule is COc1ccc(CCC(=O)CS(C)(=O)=O)cc1. The van der Waals surface area contributed by atoms with Gasteiger partial charge in [0.1, 0.15) is 17.3 Å². The van der Waals surface area contributed by atoms with Crippen LogP contribution >= 0.6 is 0 Å². The zero-order valence-corrected chi connectivity index (χ0v) is 10.8. The first-order valence-corrected chi connectivity index (χ1v) is 7.29. The van der Waals surface area contributed by atoms with Gasteiger partial charge in [0.15, 0.2) is 9.84 Å². The van der Waals surface area contributed by atoms with Crippen molar-refractivity contribution in [3.63, 3.8) is 0 Å². The van der Waals surface area contributed by atoms with Gasteiger partial charge in [0.25, 0.3) is 0 Å². The summed E-state index contributed by atoms with van der Waals surface area (Å²) in [6, 6.07) is 7.37. The summed E-state index contributed by atoms with van der Waals surface area (Å²) < 4.78 is 26.8. The Morgan fingerprint density at radius 2 is 1.82 bits per heavy atom. The highest BCUT2D eigenvalue weighted by atomic mass is 32.2. The van der Waals surface area contributed by atoms with Crippen molar-refractivity contribution in [2.45, 2.75) is 12.8 Å². The van der Waals surface area contributed by atoms with E-state index in [-0.39, 0.29) is 18.0 Å². The normalized spacial score (nSPS) is 11.2. The Balaban J connectivity index is 2.47. The van der Waals surface area contributed by atoms with Crippen LogP contribution < -0.4 is 4.74 Å². The third kappa shape index (κ3) is 5.49. The molecule has 0 heterocycles. The summed E-state index contributed by atoms with van der Waals surface area (Å²) >= 11 is 0. The van der Waals surface area contributed by atoms with Crippen molar-refractivity contribution in [1.29, 1.82) is 0 Å². The van der Waals surface area contributed by atoms with Gasteiger partial charge >= 0.3 is 0 Å². The largest absolute Gasteiger partial charge is 0.497 e. The Kier molecular flexibility index (Phi) is 4.69. The van der Waals surface area contributed by atoms with Gasteiger partial charge in [-0.25, -0.2) is 8.42 Å². The van der Waals surface area contributed by atoms with Crippen LogP contribution in [0.1, 0.15) is 12.0 Å². The number of Topliss-reactive ketones (excluding diaryl/α,β-unsaturated/α-hetero) is 1. The number of ether oxygens (including phenoxy) is 1. The van der Waals surface area contributed by atoms with Crippen molar-refractivity contribution in [3.05, 3.63) is 29.8 Å². The number of hydrogen-bond acceptors (Lipinski definition) is 4. The van der Waals surface area contributed by atoms with Crippen LogP contribution in [0.2, 0.25) is 0 Å². The molecule has 0 aliphatic heterocycles. The molecule has 0 aliphatic rings. The molecule has 0 bridgehead atoms. The van der Waals surface area contributed by atoms with Crippen LogP contribution in [0.3, 0.4) is 0 Å². The molecule has 4 nitrogen and oxygen atoms in total. The maximum atomic E-state index is 11.4. The Labute approximate surface area is 102 Å². The van der Waals surface area contributed by atoms with E-state index in [2.05, 4.69) is 0 Å². The van der Waals surface area contributed by atoms with Crippen molar-refractivity contribution in [3.8, 4) is 5.75 Å². The van der Waals surface area contributed by atoms with Crippen molar-refractivity contribution in [2.24, 2.45) is 0 Å².